The molecule has 1 aliphatic heterocycles. The molecule has 4 heteroatoms. The summed E-state index contributed by atoms with van der Waals surface area (Å²) in [6.45, 7) is 9.24. The number of fused-ring (bicyclic) bond motifs is 1. The lowest BCUT2D eigenvalue weighted by molar-refractivity contribution is 0.258. The van der Waals surface area contributed by atoms with Gasteiger partial charge in [0.15, 0.2) is 0 Å². The summed E-state index contributed by atoms with van der Waals surface area (Å²) in [6.07, 6.45) is 0.846. The van der Waals surface area contributed by atoms with E-state index in [1.54, 1.807) is 11.6 Å². The fourth-order valence-corrected chi connectivity index (χ4v) is 2.44. The van der Waals surface area contributed by atoms with Gasteiger partial charge in [-0.15, -0.1) is 0 Å². The van der Waals surface area contributed by atoms with Crippen LogP contribution in [0.3, 0.4) is 0 Å². The fourth-order valence-electron chi connectivity index (χ4n) is 2.44. The highest BCUT2D eigenvalue weighted by atomic mass is 16.1. The molecule has 0 aliphatic carbocycles. The molecular weight excluding hydrogens is 214 g/mol. The van der Waals surface area contributed by atoms with E-state index >= 15 is 0 Å². The van der Waals surface area contributed by atoms with Crippen LogP contribution in [0.4, 0.5) is 0 Å². The minimum atomic E-state index is 0.0261. The van der Waals surface area contributed by atoms with Crippen molar-refractivity contribution >= 4 is 0 Å². The summed E-state index contributed by atoms with van der Waals surface area (Å²) < 4.78 is 1.64. The Morgan fingerprint density at radius 2 is 2.06 bits per heavy atom. The minimum Gasteiger partial charge on any atom is -0.309 e. The molecule has 0 bridgehead atoms. The number of nitrogens with zero attached hydrogens (tertiary/aromatic N) is 2. The predicted octanol–water partition coefficient (Wildman–Crippen LogP) is 1.32. The second kappa shape index (κ2) is 3.95. The standard InChI is InChI=1S/C13H21N3O/c1-8-15-9-6-7-14-11(13(2,3)4)10(9)12(17)16(8)5/h11,14H,6-7H2,1-5H3. The van der Waals surface area contributed by atoms with E-state index in [0.29, 0.717) is 0 Å². The molecule has 0 spiro atoms. The number of hydrogen-bond acceptors (Lipinski definition) is 3. The van der Waals surface area contributed by atoms with Gasteiger partial charge in [-0.25, -0.2) is 4.98 Å². The highest BCUT2D eigenvalue weighted by Crippen LogP contribution is 2.34. The number of hydrogen-bond donors (Lipinski definition) is 1. The monoisotopic (exact) mass is 235 g/mol. The maximum Gasteiger partial charge on any atom is 0.258 e. The fraction of sp³-hybridized carbons (Fsp3) is 0.692. The summed E-state index contributed by atoms with van der Waals surface area (Å²) in [5.74, 6) is 0.795. The zero-order valence-electron chi connectivity index (χ0n) is 11.3. The summed E-state index contributed by atoms with van der Waals surface area (Å²) in [5, 5.41) is 3.45. The molecule has 1 unspecified atom stereocenters. The SMILES string of the molecule is Cc1nc2c(c(=O)n1C)C(C(C)(C)C)NCC2. The molecule has 0 radical (unpaired) electrons. The van der Waals surface area contributed by atoms with E-state index in [4.69, 9.17) is 0 Å². The van der Waals surface area contributed by atoms with E-state index in [1.165, 1.54) is 0 Å². The van der Waals surface area contributed by atoms with Gasteiger partial charge in [-0.1, -0.05) is 20.8 Å². The highest BCUT2D eigenvalue weighted by molar-refractivity contribution is 5.27. The molecule has 0 aromatic carbocycles. The van der Waals surface area contributed by atoms with Crippen molar-refractivity contribution < 1.29 is 0 Å². The van der Waals surface area contributed by atoms with Gasteiger partial charge in [-0.05, 0) is 12.3 Å². The minimum absolute atomic E-state index is 0.0261. The summed E-state index contributed by atoms with van der Waals surface area (Å²) in [5.41, 5.74) is 1.96. The predicted molar refractivity (Wildman–Crippen MR) is 68.1 cm³/mol. The average molecular weight is 235 g/mol. The zero-order chi connectivity index (χ0) is 12.8. The first-order chi connectivity index (χ1) is 7.82. The Balaban J connectivity index is 2.66. The van der Waals surface area contributed by atoms with Crippen molar-refractivity contribution in [2.24, 2.45) is 12.5 Å². The van der Waals surface area contributed by atoms with Crippen LogP contribution in [0.1, 0.15) is 43.9 Å². The second-order valence-electron chi connectivity index (χ2n) is 5.89. The Kier molecular flexibility index (Phi) is 2.86. The summed E-state index contributed by atoms with van der Waals surface area (Å²) in [4.78, 5) is 16.9. The Morgan fingerprint density at radius 3 is 2.65 bits per heavy atom. The molecule has 1 aliphatic rings. The first kappa shape index (κ1) is 12.3. The average Bonchev–Trinajstić information content (AvgIpc) is 2.24. The molecule has 0 fully saturated rings. The van der Waals surface area contributed by atoms with Gasteiger partial charge in [-0.3, -0.25) is 9.36 Å². The lowest BCUT2D eigenvalue weighted by Gasteiger charge is -2.35. The van der Waals surface area contributed by atoms with Crippen molar-refractivity contribution in [2.75, 3.05) is 6.54 Å². The van der Waals surface area contributed by atoms with Crippen LogP contribution in [0.25, 0.3) is 0 Å². The van der Waals surface area contributed by atoms with E-state index in [1.807, 2.05) is 6.92 Å². The third-order valence-electron chi connectivity index (χ3n) is 3.49. The smallest absolute Gasteiger partial charge is 0.258 e. The van der Waals surface area contributed by atoms with Gasteiger partial charge < -0.3 is 5.32 Å². The number of nitrogens with one attached hydrogen (secondary N) is 1. The van der Waals surface area contributed by atoms with Gasteiger partial charge in [0, 0.05) is 26.1 Å². The van der Waals surface area contributed by atoms with Crippen molar-refractivity contribution in [1.29, 1.82) is 0 Å². The molecule has 0 amide bonds. The lowest BCUT2D eigenvalue weighted by atomic mass is 9.80. The molecule has 1 aromatic rings. The first-order valence-corrected chi connectivity index (χ1v) is 6.12. The largest absolute Gasteiger partial charge is 0.309 e. The molecule has 17 heavy (non-hydrogen) atoms. The molecular formula is C13H21N3O. The Morgan fingerprint density at radius 1 is 1.41 bits per heavy atom. The van der Waals surface area contributed by atoms with Gasteiger partial charge in [0.2, 0.25) is 0 Å². The van der Waals surface area contributed by atoms with Crippen molar-refractivity contribution in [3.8, 4) is 0 Å². The molecule has 2 heterocycles. The third kappa shape index (κ3) is 2.02. The Labute approximate surface area is 102 Å². The highest BCUT2D eigenvalue weighted by Gasteiger charge is 2.33. The van der Waals surface area contributed by atoms with Crippen LogP contribution in [-0.2, 0) is 13.5 Å². The van der Waals surface area contributed by atoms with Crippen LogP contribution in [0.5, 0.6) is 0 Å². The van der Waals surface area contributed by atoms with Crippen LogP contribution >= 0.6 is 0 Å². The van der Waals surface area contributed by atoms with E-state index in [2.05, 4.69) is 31.1 Å². The van der Waals surface area contributed by atoms with Gasteiger partial charge in [-0.2, -0.15) is 0 Å². The molecule has 1 N–H and O–H groups in total. The van der Waals surface area contributed by atoms with Crippen molar-refractivity contribution in [3.63, 3.8) is 0 Å². The first-order valence-electron chi connectivity index (χ1n) is 6.12. The number of rotatable bonds is 0. The van der Waals surface area contributed by atoms with Crippen LogP contribution < -0.4 is 10.9 Å². The van der Waals surface area contributed by atoms with E-state index < -0.39 is 0 Å². The second-order valence-corrected chi connectivity index (χ2v) is 5.89. The van der Waals surface area contributed by atoms with E-state index in [-0.39, 0.29) is 17.0 Å². The molecule has 2 rings (SSSR count). The van der Waals surface area contributed by atoms with E-state index in [9.17, 15) is 4.79 Å². The molecule has 1 atom stereocenters. The quantitative estimate of drug-likeness (QED) is 0.738. The van der Waals surface area contributed by atoms with Crippen LogP contribution in [0.15, 0.2) is 4.79 Å². The van der Waals surface area contributed by atoms with Gasteiger partial charge in [0.1, 0.15) is 5.82 Å². The molecule has 4 nitrogen and oxygen atoms in total. The van der Waals surface area contributed by atoms with Crippen LogP contribution in [-0.4, -0.2) is 16.1 Å². The van der Waals surface area contributed by atoms with Gasteiger partial charge in [0.05, 0.1) is 11.3 Å². The summed E-state index contributed by atoms with van der Waals surface area (Å²) in [6, 6.07) is 0.0954. The van der Waals surface area contributed by atoms with Crippen LogP contribution in [0, 0.1) is 12.3 Å². The van der Waals surface area contributed by atoms with Gasteiger partial charge >= 0.3 is 0 Å². The zero-order valence-corrected chi connectivity index (χ0v) is 11.3. The normalized spacial score (nSPS) is 20.2. The molecule has 1 aromatic heterocycles. The van der Waals surface area contributed by atoms with Crippen molar-refractivity contribution in [3.05, 3.63) is 27.4 Å². The number of aryl methyl sites for hydroxylation is 1. The topological polar surface area (TPSA) is 46.9 Å². The third-order valence-corrected chi connectivity index (χ3v) is 3.49. The molecule has 94 valence electrons. The van der Waals surface area contributed by atoms with Gasteiger partial charge in [0.25, 0.3) is 5.56 Å². The Hall–Kier alpha value is -1.16. The molecule has 0 saturated heterocycles. The van der Waals surface area contributed by atoms with Crippen LogP contribution in [0.2, 0.25) is 0 Å². The van der Waals surface area contributed by atoms with Crippen molar-refractivity contribution in [2.45, 2.75) is 40.2 Å². The lowest BCUT2D eigenvalue weighted by Crippen LogP contribution is -2.44. The van der Waals surface area contributed by atoms with E-state index in [0.717, 1.165) is 30.0 Å². The summed E-state index contributed by atoms with van der Waals surface area (Å²) >= 11 is 0. The molecule has 0 saturated carbocycles. The Bertz CT molecular complexity index is 497. The van der Waals surface area contributed by atoms with Crippen molar-refractivity contribution in [1.82, 2.24) is 14.9 Å². The number of aromatic nitrogens is 2. The maximum absolute atomic E-state index is 12.4. The summed E-state index contributed by atoms with van der Waals surface area (Å²) in [7, 11) is 1.79. The maximum atomic E-state index is 12.4.